The van der Waals surface area contributed by atoms with Gasteiger partial charge < -0.3 is 0 Å². The molecule has 0 saturated heterocycles. The Hall–Kier alpha value is -1.01. The summed E-state index contributed by atoms with van der Waals surface area (Å²) in [7, 11) is 1.63. The van der Waals surface area contributed by atoms with Gasteiger partial charge in [0.05, 0.1) is 0 Å². The highest BCUT2D eigenvalue weighted by Crippen LogP contribution is 2.37. The number of hydrogen-bond donors (Lipinski definition) is 0. The average molecular weight is 234 g/mol. The molecule has 15 heavy (non-hydrogen) atoms. The molecular formula is C9H9F3N2S. The lowest BCUT2D eigenvalue weighted by atomic mass is 10.4. The third-order valence-electron chi connectivity index (χ3n) is 2.12. The molecule has 1 aliphatic rings. The molecule has 0 bridgehead atoms. The van der Waals surface area contributed by atoms with Crippen LogP contribution in [0.1, 0.15) is 0 Å². The molecule has 0 aromatic carbocycles. The highest BCUT2D eigenvalue weighted by atomic mass is 32.1. The maximum Gasteiger partial charge on any atom is 0.432 e. The minimum absolute atomic E-state index is 0.284. The van der Waals surface area contributed by atoms with Crippen LogP contribution in [0.15, 0.2) is 29.3 Å². The van der Waals surface area contributed by atoms with E-state index in [0.717, 1.165) is 0 Å². The van der Waals surface area contributed by atoms with Crippen molar-refractivity contribution in [3.63, 3.8) is 0 Å². The molecule has 0 saturated carbocycles. The topological polar surface area (TPSA) is 6.48 Å². The lowest BCUT2D eigenvalue weighted by molar-refractivity contribution is -0.0948. The Balaban J connectivity index is 2.34. The van der Waals surface area contributed by atoms with Gasteiger partial charge in [-0.25, -0.2) is 5.01 Å². The highest BCUT2D eigenvalue weighted by Gasteiger charge is 2.42. The quantitative estimate of drug-likeness (QED) is 0.737. The molecular weight excluding hydrogens is 225 g/mol. The molecule has 0 radical (unpaired) electrons. The Kier molecular flexibility index (Phi) is 2.47. The van der Waals surface area contributed by atoms with Gasteiger partial charge in [0.2, 0.25) is 0 Å². The molecule has 1 aromatic rings. The van der Waals surface area contributed by atoms with Gasteiger partial charge in [0.1, 0.15) is 10.7 Å². The van der Waals surface area contributed by atoms with E-state index >= 15 is 0 Å². The van der Waals surface area contributed by atoms with Crippen molar-refractivity contribution in [2.75, 3.05) is 18.6 Å². The minimum Gasteiger partial charge on any atom is -0.260 e. The maximum absolute atomic E-state index is 12.6. The second-order valence-corrected chi connectivity index (χ2v) is 4.12. The molecule has 1 aromatic heterocycles. The van der Waals surface area contributed by atoms with Crippen LogP contribution in [-0.2, 0) is 0 Å². The predicted octanol–water partition coefficient (Wildman–Crippen LogP) is 2.86. The third kappa shape index (κ3) is 1.87. The van der Waals surface area contributed by atoms with Gasteiger partial charge in [-0.2, -0.15) is 13.2 Å². The van der Waals surface area contributed by atoms with Crippen molar-refractivity contribution in [1.82, 2.24) is 5.01 Å². The van der Waals surface area contributed by atoms with E-state index in [1.54, 1.807) is 24.6 Å². The van der Waals surface area contributed by atoms with Gasteiger partial charge in [-0.1, -0.05) is 0 Å². The lowest BCUT2D eigenvalue weighted by Crippen LogP contribution is -2.37. The van der Waals surface area contributed by atoms with E-state index in [4.69, 9.17) is 0 Å². The molecule has 2 rings (SSSR count). The van der Waals surface area contributed by atoms with Crippen LogP contribution in [0.3, 0.4) is 0 Å². The number of hydrazine groups is 1. The van der Waals surface area contributed by atoms with Crippen LogP contribution in [0.25, 0.3) is 0 Å². The minimum atomic E-state index is -4.30. The second-order valence-electron chi connectivity index (χ2n) is 3.19. The molecule has 0 aliphatic carbocycles. The largest absolute Gasteiger partial charge is 0.432 e. The molecule has 0 N–H and O–H groups in total. The highest BCUT2D eigenvalue weighted by molar-refractivity contribution is 7.14. The Morgan fingerprint density at radius 1 is 1.40 bits per heavy atom. The number of hydrogen-bond acceptors (Lipinski definition) is 3. The van der Waals surface area contributed by atoms with Gasteiger partial charge >= 0.3 is 6.18 Å². The van der Waals surface area contributed by atoms with E-state index in [1.807, 2.05) is 0 Å². The predicted molar refractivity (Wildman–Crippen MR) is 53.6 cm³/mol. The van der Waals surface area contributed by atoms with E-state index in [-0.39, 0.29) is 6.54 Å². The number of allylic oxidation sites excluding steroid dienone is 1. The zero-order valence-electron chi connectivity index (χ0n) is 7.95. The molecule has 6 heteroatoms. The first-order valence-electron chi connectivity index (χ1n) is 4.32. The SMILES string of the molecule is CN1CC=C(C(F)(F)F)N1c1cccs1. The van der Waals surface area contributed by atoms with Gasteiger partial charge in [-0.3, -0.25) is 5.01 Å². The third-order valence-corrected chi connectivity index (χ3v) is 2.97. The number of thiophene rings is 1. The normalized spacial score (nSPS) is 18.4. The molecule has 0 spiro atoms. The summed E-state index contributed by atoms with van der Waals surface area (Å²) in [5.74, 6) is 0. The number of nitrogens with zero attached hydrogens (tertiary/aromatic N) is 2. The van der Waals surface area contributed by atoms with Crippen LogP contribution in [0.5, 0.6) is 0 Å². The molecule has 2 heterocycles. The fourth-order valence-corrected chi connectivity index (χ4v) is 2.28. The first-order valence-corrected chi connectivity index (χ1v) is 5.20. The summed E-state index contributed by atoms with van der Waals surface area (Å²) in [4.78, 5) is 0. The summed E-state index contributed by atoms with van der Waals surface area (Å²) in [5.41, 5.74) is -0.604. The van der Waals surface area contributed by atoms with Gasteiger partial charge in [0.25, 0.3) is 0 Å². The summed E-state index contributed by atoms with van der Waals surface area (Å²) in [6.07, 6.45) is -3.10. The Labute approximate surface area is 89.2 Å². The fraction of sp³-hybridized carbons (Fsp3) is 0.333. The molecule has 1 aliphatic heterocycles. The first-order chi connectivity index (χ1) is 7.00. The average Bonchev–Trinajstić information content (AvgIpc) is 2.69. The van der Waals surface area contributed by atoms with E-state index in [9.17, 15) is 13.2 Å². The molecule has 82 valence electrons. The Bertz CT molecular complexity index is 369. The van der Waals surface area contributed by atoms with Crippen LogP contribution in [-0.4, -0.2) is 24.8 Å². The molecule has 2 nitrogen and oxygen atoms in total. The Morgan fingerprint density at radius 3 is 2.67 bits per heavy atom. The van der Waals surface area contributed by atoms with Crippen molar-refractivity contribution in [2.24, 2.45) is 0 Å². The van der Waals surface area contributed by atoms with Crippen molar-refractivity contribution in [2.45, 2.75) is 6.18 Å². The molecule has 0 unspecified atom stereocenters. The van der Waals surface area contributed by atoms with Gasteiger partial charge in [-0.15, -0.1) is 11.3 Å². The number of anilines is 1. The summed E-state index contributed by atoms with van der Waals surface area (Å²) in [6.45, 7) is 0.284. The summed E-state index contributed by atoms with van der Waals surface area (Å²) < 4.78 is 37.9. The van der Waals surface area contributed by atoms with Gasteiger partial charge in [-0.05, 0) is 23.6 Å². The standard InChI is InChI=1S/C9H9F3N2S/c1-13-5-4-7(9(10,11)12)14(13)8-3-2-6-15-8/h2-4,6H,5H2,1H3. The fourth-order valence-electron chi connectivity index (χ4n) is 1.48. The number of likely N-dealkylation sites (N-methyl/N-ethyl adjacent to an activating group) is 1. The second kappa shape index (κ2) is 3.53. The maximum atomic E-state index is 12.6. The van der Waals surface area contributed by atoms with E-state index in [1.165, 1.54) is 27.4 Å². The number of rotatable bonds is 1. The van der Waals surface area contributed by atoms with Gasteiger partial charge in [0.15, 0.2) is 0 Å². The monoisotopic (exact) mass is 234 g/mol. The smallest absolute Gasteiger partial charge is 0.260 e. The van der Waals surface area contributed by atoms with Crippen molar-refractivity contribution >= 4 is 16.3 Å². The van der Waals surface area contributed by atoms with Crippen LogP contribution >= 0.6 is 11.3 Å². The van der Waals surface area contributed by atoms with E-state index < -0.39 is 11.9 Å². The molecule has 0 amide bonds. The van der Waals surface area contributed by atoms with Crippen LogP contribution in [0, 0.1) is 0 Å². The molecule has 0 fully saturated rings. The van der Waals surface area contributed by atoms with Crippen LogP contribution in [0.4, 0.5) is 18.2 Å². The van der Waals surface area contributed by atoms with Crippen molar-refractivity contribution < 1.29 is 13.2 Å². The zero-order valence-corrected chi connectivity index (χ0v) is 8.77. The lowest BCUT2D eigenvalue weighted by Gasteiger charge is -2.28. The zero-order chi connectivity index (χ0) is 11.1. The number of alkyl halides is 3. The summed E-state index contributed by atoms with van der Waals surface area (Å²) in [5, 5.41) is 5.08. The van der Waals surface area contributed by atoms with Crippen LogP contribution in [0.2, 0.25) is 0 Å². The summed E-state index contributed by atoms with van der Waals surface area (Å²) in [6, 6.07) is 3.41. The van der Waals surface area contributed by atoms with E-state index in [0.29, 0.717) is 5.00 Å². The van der Waals surface area contributed by atoms with Crippen molar-refractivity contribution in [3.05, 3.63) is 29.3 Å². The summed E-state index contributed by atoms with van der Waals surface area (Å²) >= 11 is 1.29. The van der Waals surface area contributed by atoms with Crippen LogP contribution < -0.4 is 5.01 Å². The van der Waals surface area contributed by atoms with E-state index in [2.05, 4.69) is 0 Å². The number of halogens is 3. The van der Waals surface area contributed by atoms with Gasteiger partial charge in [0, 0.05) is 13.6 Å². The van der Waals surface area contributed by atoms with Crippen molar-refractivity contribution in [1.29, 1.82) is 0 Å². The Morgan fingerprint density at radius 2 is 2.13 bits per heavy atom. The first kappa shape index (κ1) is 10.5. The van der Waals surface area contributed by atoms with Crippen molar-refractivity contribution in [3.8, 4) is 0 Å². The molecule has 0 atom stereocenters.